The molecule has 0 atom stereocenters. The Hall–Kier alpha value is -2.20. The number of hydrogen-bond acceptors (Lipinski definition) is 3. The van der Waals surface area contributed by atoms with Gasteiger partial charge in [0.2, 0.25) is 0 Å². The van der Waals surface area contributed by atoms with Crippen LogP contribution in [0, 0.1) is 19.8 Å². The van der Waals surface area contributed by atoms with Gasteiger partial charge in [0.05, 0.1) is 0 Å². The van der Waals surface area contributed by atoms with E-state index in [1.807, 2.05) is 38.4 Å². The lowest BCUT2D eigenvalue weighted by molar-refractivity contribution is 0.0935. The molecule has 0 aliphatic carbocycles. The molecule has 0 saturated carbocycles. The molecule has 4 nitrogen and oxygen atoms in total. The van der Waals surface area contributed by atoms with Crippen molar-refractivity contribution < 1.29 is 4.79 Å². The van der Waals surface area contributed by atoms with Gasteiger partial charge in [-0.3, -0.25) is 14.7 Å². The number of aryl methyl sites for hydroxylation is 2. The van der Waals surface area contributed by atoms with Gasteiger partial charge in [0.1, 0.15) is 0 Å². The third-order valence-corrected chi connectivity index (χ3v) is 4.90. The lowest BCUT2D eigenvalue weighted by atomic mass is 9.96. The van der Waals surface area contributed by atoms with E-state index in [2.05, 4.69) is 33.4 Å². The van der Waals surface area contributed by atoms with Crippen molar-refractivity contribution in [1.82, 2.24) is 15.2 Å². The second kappa shape index (κ2) is 8.26. The van der Waals surface area contributed by atoms with Crippen molar-refractivity contribution >= 4 is 5.91 Å². The first-order chi connectivity index (χ1) is 12.1. The second-order valence-electron chi connectivity index (χ2n) is 7.16. The van der Waals surface area contributed by atoms with Crippen LogP contribution in [-0.4, -0.2) is 35.4 Å². The number of nitrogens with one attached hydrogen (secondary N) is 1. The van der Waals surface area contributed by atoms with Crippen LogP contribution in [0.25, 0.3) is 0 Å². The highest BCUT2D eigenvalue weighted by Crippen LogP contribution is 2.18. The van der Waals surface area contributed by atoms with Gasteiger partial charge < -0.3 is 5.32 Å². The second-order valence-corrected chi connectivity index (χ2v) is 7.16. The number of carbonyl (C=O) groups excluding carboxylic acids is 1. The average molecular weight is 337 g/mol. The number of aromatic nitrogens is 1. The van der Waals surface area contributed by atoms with Crippen molar-refractivity contribution in [3.8, 4) is 0 Å². The molecular weight excluding hydrogens is 310 g/mol. The molecule has 1 aliphatic heterocycles. The van der Waals surface area contributed by atoms with Gasteiger partial charge in [-0.2, -0.15) is 0 Å². The van der Waals surface area contributed by atoms with Gasteiger partial charge in [-0.25, -0.2) is 0 Å². The van der Waals surface area contributed by atoms with Crippen LogP contribution in [0.5, 0.6) is 0 Å². The molecule has 2 heterocycles. The number of hydrogen-bond donors (Lipinski definition) is 1. The van der Waals surface area contributed by atoms with Crippen LogP contribution in [0.1, 0.15) is 39.9 Å². The van der Waals surface area contributed by atoms with Crippen molar-refractivity contribution in [3.63, 3.8) is 0 Å². The summed E-state index contributed by atoms with van der Waals surface area (Å²) in [6, 6.07) is 10.2. The van der Waals surface area contributed by atoms with E-state index in [1.54, 1.807) is 0 Å². The first-order valence-electron chi connectivity index (χ1n) is 9.08. The van der Waals surface area contributed by atoms with Gasteiger partial charge in [0, 0.05) is 31.0 Å². The highest BCUT2D eigenvalue weighted by atomic mass is 16.1. The van der Waals surface area contributed by atoms with Crippen LogP contribution in [0.4, 0.5) is 0 Å². The number of carbonyl (C=O) groups is 1. The average Bonchev–Trinajstić information content (AvgIpc) is 2.61. The third kappa shape index (κ3) is 5.13. The van der Waals surface area contributed by atoms with Crippen molar-refractivity contribution in [2.24, 2.45) is 5.92 Å². The monoisotopic (exact) mass is 337 g/mol. The number of likely N-dealkylation sites (tertiary alicyclic amines) is 1. The fourth-order valence-electron chi connectivity index (χ4n) is 3.54. The smallest absolute Gasteiger partial charge is 0.251 e. The summed E-state index contributed by atoms with van der Waals surface area (Å²) in [5, 5.41) is 3.12. The van der Waals surface area contributed by atoms with Crippen molar-refractivity contribution in [3.05, 3.63) is 65.0 Å². The predicted octanol–water partition coefficient (Wildman–Crippen LogP) is 3.34. The molecule has 3 rings (SSSR count). The maximum absolute atomic E-state index is 12.4. The molecule has 1 aliphatic rings. The largest absolute Gasteiger partial charge is 0.352 e. The van der Waals surface area contributed by atoms with Crippen molar-refractivity contribution in [2.75, 3.05) is 19.6 Å². The Morgan fingerprint density at radius 3 is 2.40 bits per heavy atom. The van der Waals surface area contributed by atoms with Gasteiger partial charge in [-0.15, -0.1) is 0 Å². The van der Waals surface area contributed by atoms with Gasteiger partial charge in [0.25, 0.3) is 5.91 Å². The van der Waals surface area contributed by atoms with Crippen LogP contribution in [0.3, 0.4) is 0 Å². The first kappa shape index (κ1) is 17.6. The first-order valence-corrected chi connectivity index (χ1v) is 9.08. The zero-order valence-corrected chi connectivity index (χ0v) is 15.2. The molecule has 0 bridgehead atoms. The molecule has 0 radical (unpaired) electrons. The van der Waals surface area contributed by atoms with E-state index >= 15 is 0 Å². The number of nitrogens with zero attached hydrogens (tertiary/aromatic N) is 2. The Morgan fingerprint density at radius 1 is 1.12 bits per heavy atom. The molecule has 0 spiro atoms. The van der Waals surface area contributed by atoms with Crippen LogP contribution in [0.15, 0.2) is 42.7 Å². The molecular formula is C21H27N3O. The molecule has 1 N–H and O–H groups in total. The molecule has 2 aromatic rings. The number of pyridine rings is 1. The lowest BCUT2D eigenvalue weighted by Gasteiger charge is -2.32. The van der Waals surface area contributed by atoms with Gasteiger partial charge in [0.15, 0.2) is 0 Å². The number of piperidine rings is 1. The van der Waals surface area contributed by atoms with E-state index in [1.165, 1.54) is 5.56 Å². The fraction of sp³-hybridized carbons (Fsp3) is 0.429. The molecule has 1 fully saturated rings. The molecule has 132 valence electrons. The summed E-state index contributed by atoms with van der Waals surface area (Å²) in [5.74, 6) is 0.620. The molecule has 1 aromatic carbocycles. The number of amides is 1. The van der Waals surface area contributed by atoms with E-state index in [0.29, 0.717) is 5.92 Å². The lowest BCUT2D eigenvalue weighted by Crippen LogP contribution is -2.38. The van der Waals surface area contributed by atoms with Gasteiger partial charge in [-0.05, 0) is 75.5 Å². The van der Waals surface area contributed by atoms with E-state index < -0.39 is 0 Å². The molecule has 4 heteroatoms. The van der Waals surface area contributed by atoms with Crippen LogP contribution in [0.2, 0.25) is 0 Å². The zero-order valence-electron chi connectivity index (χ0n) is 15.2. The van der Waals surface area contributed by atoms with Crippen molar-refractivity contribution in [1.29, 1.82) is 0 Å². The Morgan fingerprint density at radius 2 is 1.76 bits per heavy atom. The minimum atomic E-state index is 0.0472. The summed E-state index contributed by atoms with van der Waals surface area (Å²) in [6.07, 6.45) is 5.98. The normalized spacial score (nSPS) is 15.9. The van der Waals surface area contributed by atoms with Crippen LogP contribution >= 0.6 is 0 Å². The van der Waals surface area contributed by atoms with Gasteiger partial charge in [-0.1, -0.05) is 17.2 Å². The summed E-state index contributed by atoms with van der Waals surface area (Å²) < 4.78 is 0. The molecule has 1 saturated heterocycles. The molecule has 1 amide bonds. The van der Waals surface area contributed by atoms with Crippen molar-refractivity contribution in [2.45, 2.75) is 33.2 Å². The van der Waals surface area contributed by atoms with E-state index in [0.717, 1.165) is 55.7 Å². The Labute approximate surface area is 150 Å². The molecule has 1 aromatic heterocycles. The molecule has 0 unspecified atom stereocenters. The van der Waals surface area contributed by atoms with Crippen LogP contribution in [-0.2, 0) is 6.54 Å². The maximum Gasteiger partial charge on any atom is 0.251 e. The minimum Gasteiger partial charge on any atom is -0.352 e. The summed E-state index contributed by atoms with van der Waals surface area (Å²) in [7, 11) is 0. The Bertz CT molecular complexity index is 686. The summed E-state index contributed by atoms with van der Waals surface area (Å²) >= 11 is 0. The molecule has 25 heavy (non-hydrogen) atoms. The summed E-state index contributed by atoms with van der Waals surface area (Å²) in [5.41, 5.74) is 4.35. The highest BCUT2D eigenvalue weighted by Gasteiger charge is 2.20. The standard InChI is InChI=1S/C21H27N3O/c1-16-11-17(2)13-20(12-16)21(25)23-14-18-5-9-24(10-6-18)15-19-3-7-22-8-4-19/h3-4,7-8,11-13,18H,5-6,9-10,14-15H2,1-2H3,(H,23,25). The Balaban J connectivity index is 1.44. The Kier molecular flexibility index (Phi) is 5.82. The number of rotatable bonds is 5. The minimum absolute atomic E-state index is 0.0472. The zero-order chi connectivity index (χ0) is 17.6. The highest BCUT2D eigenvalue weighted by molar-refractivity contribution is 5.94. The summed E-state index contributed by atoms with van der Waals surface area (Å²) in [6.45, 7) is 8.00. The van der Waals surface area contributed by atoms with E-state index in [-0.39, 0.29) is 5.91 Å². The quantitative estimate of drug-likeness (QED) is 0.910. The fourth-order valence-corrected chi connectivity index (χ4v) is 3.54. The predicted molar refractivity (Wildman–Crippen MR) is 100 cm³/mol. The summed E-state index contributed by atoms with van der Waals surface area (Å²) in [4.78, 5) is 18.9. The van der Waals surface area contributed by atoms with E-state index in [9.17, 15) is 4.79 Å². The van der Waals surface area contributed by atoms with Gasteiger partial charge >= 0.3 is 0 Å². The topological polar surface area (TPSA) is 45.2 Å². The third-order valence-electron chi connectivity index (χ3n) is 4.90. The van der Waals surface area contributed by atoms with E-state index in [4.69, 9.17) is 0 Å². The maximum atomic E-state index is 12.4. The number of benzene rings is 1. The SMILES string of the molecule is Cc1cc(C)cc(C(=O)NCC2CCN(Cc3ccncc3)CC2)c1. The van der Waals surface area contributed by atoms with Crippen LogP contribution < -0.4 is 5.32 Å².